The van der Waals surface area contributed by atoms with E-state index < -0.39 is 0 Å². The van der Waals surface area contributed by atoms with Crippen LogP contribution in [-0.2, 0) is 13.0 Å². The predicted octanol–water partition coefficient (Wildman–Crippen LogP) is 2.96. The number of aliphatic imine (C=N–C) groups is 1. The van der Waals surface area contributed by atoms with Crippen LogP contribution in [0.25, 0.3) is 0 Å². The van der Waals surface area contributed by atoms with E-state index in [1.54, 1.807) is 11.3 Å². The molecule has 1 aromatic heterocycles. The third-order valence-corrected chi connectivity index (χ3v) is 5.47. The number of hydrogen-bond acceptors (Lipinski definition) is 4. The summed E-state index contributed by atoms with van der Waals surface area (Å²) in [5, 5.41) is 10.1. The molecule has 2 aromatic rings. The van der Waals surface area contributed by atoms with Gasteiger partial charge >= 0.3 is 0 Å². The number of benzene rings is 1. The normalized spacial score (nSPS) is 14.8. The van der Waals surface area contributed by atoms with Crippen molar-refractivity contribution in [3.63, 3.8) is 0 Å². The van der Waals surface area contributed by atoms with Crippen molar-refractivity contribution in [2.45, 2.75) is 32.7 Å². The standard InChI is InChI=1S/C19H27N5S/c1-15-7-3-4-8-16(15)13-22-18(20-2)21-10-9-17-14-25-19(23-17)24-11-5-6-12-24/h3-4,7-8,14H,5-6,9-13H2,1-2H3,(H2,20,21,22). The first-order valence-corrected chi connectivity index (χ1v) is 9.82. The molecule has 0 spiro atoms. The Morgan fingerprint density at radius 1 is 1.24 bits per heavy atom. The second kappa shape index (κ2) is 8.85. The Morgan fingerprint density at radius 3 is 2.80 bits per heavy atom. The molecular formula is C19H27N5S. The quantitative estimate of drug-likeness (QED) is 0.616. The van der Waals surface area contributed by atoms with Gasteiger partial charge in [-0.05, 0) is 30.9 Å². The van der Waals surface area contributed by atoms with Crippen LogP contribution < -0.4 is 15.5 Å². The minimum Gasteiger partial charge on any atom is -0.356 e. The summed E-state index contributed by atoms with van der Waals surface area (Å²) in [7, 11) is 1.81. The first-order valence-electron chi connectivity index (χ1n) is 8.94. The largest absolute Gasteiger partial charge is 0.356 e. The highest BCUT2D eigenvalue weighted by Gasteiger charge is 2.15. The maximum atomic E-state index is 4.76. The zero-order valence-corrected chi connectivity index (χ0v) is 15.9. The molecule has 1 aliphatic heterocycles. The second-order valence-electron chi connectivity index (χ2n) is 6.34. The average molecular weight is 358 g/mol. The third kappa shape index (κ3) is 4.95. The lowest BCUT2D eigenvalue weighted by Gasteiger charge is -2.13. The van der Waals surface area contributed by atoms with Crippen molar-refractivity contribution in [2.75, 3.05) is 31.6 Å². The fourth-order valence-electron chi connectivity index (χ4n) is 2.98. The number of guanidine groups is 1. The lowest BCUT2D eigenvalue weighted by Crippen LogP contribution is -2.38. The Kier molecular flexibility index (Phi) is 6.28. The zero-order valence-electron chi connectivity index (χ0n) is 15.1. The van der Waals surface area contributed by atoms with Crippen LogP contribution in [0.4, 0.5) is 5.13 Å². The number of hydrogen-bond donors (Lipinski definition) is 2. The van der Waals surface area contributed by atoms with Gasteiger partial charge in [0.2, 0.25) is 0 Å². The van der Waals surface area contributed by atoms with Gasteiger partial charge in [0, 0.05) is 45.0 Å². The van der Waals surface area contributed by atoms with Crippen LogP contribution in [0.2, 0.25) is 0 Å². The van der Waals surface area contributed by atoms with E-state index in [0.29, 0.717) is 0 Å². The van der Waals surface area contributed by atoms with Crippen molar-refractivity contribution in [1.29, 1.82) is 0 Å². The molecular weight excluding hydrogens is 330 g/mol. The molecule has 0 radical (unpaired) electrons. The summed E-state index contributed by atoms with van der Waals surface area (Å²) in [5.74, 6) is 0.832. The minimum absolute atomic E-state index is 0.780. The molecule has 0 aliphatic carbocycles. The summed E-state index contributed by atoms with van der Waals surface area (Å²) in [6.45, 7) is 6.05. The highest BCUT2D eigenvalue weighted by Crippen LogP contribution is 2.24. The van der Waals surface area contributed by atoms with E-state index in [-0.39, 0.29) is 0 Å². The van der Waals surface area contributed by atoms with Gasteiger partial charge in [-0.25, -0.2) is 4.98 Å². The topological polar surface area (TPSA) is 52.6 Å². The van der Waals surface area contributed by atoms with Crippen LogP contribution in [0, 0.1) is 6.92 Å². The number of aryl methyl sites for hydroxylation is 1. The molecule has 1 aliphatic rings. The van der Waals surface area contributed by atoms with E-state index in [0.717, 1.165) is 44.3 Å². The molecule has 6 heteroatoms. The molecule has 1 saturated heterocycles. The Balaban J connectivity index is 1.43. The van der Waals surface area contributed by atoms with E-state index in [9.17, 15) is 0 Å². The van der Waals surface area contributed by atoms with E-state index in [1.807, 2.05) is 7.05 Å². The fraction of sp³-hybridized carbons (Fsp3) is 0.474. The van der Waals surface area contributed by atoms with Gasteiger partial charge in [0.1, 0.15) is 0 Å². The van der Waals surface area contributed by atoms with Crippen LogP contribution in [0.5, 0.6) is 0 Å². The fourth-order valence-corrected chi connectivity index (χ4v) is 3.90. The summed E-state index contributed by atoms with van der Waals surface area (Å²) >= 11 is 1.76. The smallest absolute Gasteiger partial charge is 0.191 e. The predicted molar refractivity (Wildman–Crippen MR) is 107 cm³/mol. The van der Waals surface area contributed by atoms with Crippen LogP contribution in [0.15, 0.2) is 34.6 Å². The van der Waals surface area contributed by atoms with E-state index in [2.05, 4.69) is 57.1 Å². The molecule has 2 N–H and O–H groups in total. The first kappa shape index (κ1) is 17.7. The SMILES string of the molecule is CN=C(NCCc1csc(N2CCCC2)n1)NCc1ccccc1C. The van der Waals surface area contributed by atoms with Crippen molar-refractivity contribution in [2.24, 2.45) is 4.99 Å². The number of anilines is 1. The van der Waals surface area contributed by atoms with E-state index in [4.69, 9.17) is 4.98 Å². The van der Waals surface area contributed by atoms with Gasteiger partial charge in [0.05, 0.1) is 5.69 Å². The van der Waals surface area contributed by atoms with Gasteiger partial charge in [-0.3, -0.25) is 4.99 Å². The van der Waals surface area contributed by atoms with Crippen LogP contribution in [-0.4, -0.2) is 37.6 Å². The Bertz CT molecular complexity index is 703. The zero-order chi connectivity index (χ0) is 17.5. The summed E-state index contributed by atoms with van der Waals surface area (Å²) in [6, 6.07) is 8.41. The van der Waals surface area contributed by atoms with Crippen molar-refractivity contribution in [3.8, 4) is 0 Å². The van der Waals surface area contributed by atoms with Crippen molar-refractivity contribution in [1.82, 2.24) is 15.6 Å². The third-order valence-electron chi connectivity index (χ3n) is 4.52. The minimum atomic E-state index is 0.780. The van der Waals surface area contributed by atoms with E-state index in [1.165, 1.54) is 29.1 Å². The van der Waals surface area contributed by atoms with Crippen LogP contribution in [0.3, 0.4) is 0 Å². The number of rotatable bonds is 6. The number of nitrogens with one attached hydrogen (secondary N) is 2. The molecule has 25 heavy (non-hydrogen) atoms. The van der Waals surface area contributed by atoms with Gasteiger partial charge in [-0.15, -0.1) is 11.3 Å². The molecule has 0 unspecified atom stereocenters. The summed E-state index contributed by atoms with van der Waals surface area (Å²) in [6.07, 6.45) is 3.49. The number of aromatic nitrogens is 1. The summed E-state index contributed by atoms with van der Waals surface area (Å²) in [4.78, 5) is 11.5. The number of nitrogens with zero attached hydrogens (tertiary/aromatic N) is 3. The lowest BCUT2D eigenvalue weighted by atomic mass is 10.1. The van der Waals surface area contributed by atoms with Crippen molar-refractivity contribution < 1.29 is 0 Å². The second-order valence-corrected chi connectivity index (χ2v) is 7.18. The van der Waals surface area contributed by atoms with Gasteiger partial charge in [0.25, 0.3) is 0 Å². The average Bonchev–Trinajstić information content (AvgIpc) is 3.30. The molecule has 0 atom stereocenters. The molecule has 0 saturated carbocycles. The molecule has 1 fully saturated rings. The molecule has 5 nitrogen and oxygen atoms in total. The van der Waals surface area contributed by atoms with Gasteiger partial charge in [-0.1, -0.05) is 24.3 Å². The molecule has 134 valence electrons. The Hall–Kier alpha value is -2.08. The van der Waals surface area contributed by atoms with Gasteiger partial charge in [0.15, 0.2) is 11.1 Å². The summed E-state index contributed by atoms with van der Waals surface area (Å²) in [5.41, 5.74) is 3.75. The highest BCUT2D eigenvalue weighted by molar-refractivity contribution is 7.13. The molecule has 0 amide bonds. The Morgan fingerprint density at radius 2 is 2.04 bits per heavy atom. The maximum absolute atomic E-state index is 4.76. The first-order chi connectivity index (χ1) is 12.3. The highest BCUT2D eigenvalue weighted by atomic mass is 32.1. The monoisotopic (exact) mass is 357 g/mol. The maximum Gasteiger partial charge on any atom is 0.191 e. The molecule has 1 aromatic carbocycles. The molecule has 0 bridgehead atoms. The van der Waals surface area contributed by atoms with E-state index >= 15 is 0 Å². The molecule has 2 heterocycles. The van der Waals surface area contributed by atoms with Crippen molar-refractivity contribution >= 4 is 22.4 Å². The van der Waals surface area contributed by atoms with Gasteiger partial charge in [-0.2, -0.15) is 0 Å². The molecule has 3 rings (SSSR count). The lowest BCUT2D eigenvalue weighted by molar-refractivity contribution is 0.784. The summed E-state index contributed by atoms with van der Waals surface area (Å²) < 4.78 is 0. The van der Waals surface area contributed by atoms with Crippen molar-refractivity contribution in [3.05, 3.63) is 46.5 Å². The van der Waals surface area contributed by atoms with Crippen LogP contribution in [0.1, 0.15) is 29.7 Å². The van der Waals surface area contributed by atoms with Crippen LogP contribution >= 0.6 is 11.3 Å². The number of thiazole rings is 1. The Labute approximate surface area is 154 Å². The van der Waals surface area contributed by atoms with Gasteiger partial charge < -0.3 is 15.5 Å².